The van der Waals surface area contributed by atoms with Crippen LogP contribution in [0.5, 0.6) is 0 Å². The highest BCUT2D eigenvalue weighted by atomic mass is 19.1. The van der Waals surface area contributed by atoms with Crippen LogP contribution in [-0.4, -0.2) is 73.2 Å². The number of likely N-dealkylation sites (tertiary alicyclic amines) is 1. The van der Waals surface area contributed by atoms with Gasteiger partial charge >= 0.3 is 6.03 Å². The van der Waals surface area contributed by atoms with Crippen molar-refractivity contribution >= 4 is 6.03 Å². The molecule has 0 bridgehead atoms. The van der Waals surface area contributed by atoms with Gasteiger partial charge in [0.1, 0.15) is 17.7 Å². The molecule has 4 rings (SSSR count). The Hall–Kier alpha value is -2.51. The number of nitrogens with zero attached hydrogens (tertiary/aromatic N) is 3. The summed E-state index contributed by atoms with van der Waals surface area (Å²) < 4.78 is 32.9. The highest BCUT2D eigenvalue weighted by Crippen LogP contribution is 2.26. The Balaban J connectivity index is 1.30. The fourth-order valence-corrected chi connectivity index (χ4v) is 4.23. The number of amides is 2. The van der Waals surface area contributed by atoms with E-state index in [9.17, 15) is 13.6 Å². The minimum Gasteiger partial charge on any atom is -0.367 e. The fraction of sp³-hybridized carbons (Fsp3) is 0.458. The van der Waals surface area contributed by atoms with Crippen LogP contribution in [0.15, 0.2) is 48.5 Å². The number of halogens is 2. The lowest BCUT2D eigenvalue weighted by atomic mass is 10.0. The third-order valence-corrected chi connectivity index (χ3v) is 6.06. The molecular weight excluding hydrogens is 400 g/mol. The second kappa shape index (κ2) is 10.2. The zero-order valence-electron chi connectivity index (χ0n) is 17.7. The maximum Gasteiger partial charge on any atom is 0.320 e. The van der Waals surface area contributed by atoms with Gasteiger partial charge < -0.3 is 14.5 Å². The standard InChI is InChI=1S/C24H29F2N3O2/c25-21-7-3-19(4-8-21)23(20-5-9-22(26)10-6-20)31-18-17-27-13-15-29(16-14-27)24(30)28-11-1-2-12-28/h3-10,23H,1-2,11-18H2. The minimum absolute atomic E-state index is 0.168. The van der Waals surface area contributed by atoms with E-state index in [4.69, 9.17) is 4.74 Å². The topological polar surface area (TPSA) is 36.0 Å². The molecule has 0 N–H and O–H groups in total. The molecule has 31 heavy (non-hydrogen) atoms. The van der Waals surface area contributed by atoms with Crippen molar-refractivity contribution in [1.29, 1.82) is 0 Å². The summed E-state index contributed by atoms with van der Waals surface area (Å²) in [6.45, 7) is 6.08. The minimum atomic E-state index is -0.390. The van der Waals surface area contributed by atoms with E-state index >= 15 is 0 Å². The number of carbonyl (C=O) groups excluding carboxylic acids is 1. The number of carbonyl (C=O) groups is 1. The summed E-state index contributed by atoms with van der Waals surface area (Å²) in [6, 6.07) is 12.6. The normalized spacial score (nSPS) is 17.5. The molecule has 2 aromatic rings. The van der Waals surface area contributed by atoms with Gasteiger partial charge in [-0.1, -0.05) is 24.3 Å². The van der Waals surface area contributed by atoms with Gasteiger partial charge in [0, 0.05) is 45.8 Å². The van der Waals surface area contributed by atoms with E-state index in [1.807, 2.05) is 9.80 Å². The molecule has 0 unspecified atom stereocenters. The van der Waals surface area contributed by atoms with Crippen LogP contribution in [0.3, 0.4) is 0 Å². The van der Waals surface area contributed by atoms with Crippen LogP contribution in [0.1, 0.15) is 30.1 Å². The molecule has 7 heteroatoms. The number of benzene rings is 2. The van der Waals surface area contributed by atoms with E-state index in [0.717, 1.165) is 69.8 Å². The van der Waals surface area contributed by atoms with Crippen LogP contribution in [0, 0.1) is 11.6 Å². The lowest BCUT2D eigenvalue weighted by Gasteiger charge is -2.36. The summed E-state index contributed by atoms with van der Waals surface area (Å²) in [7, 11) is 0. The summed E-state index contributed by atoms with van der Waals surface area (Å²) in [4.78, 5) is 18.7. The number of hydrogen-bond donors (Lipinski definition) is 0. The molecule has 2 aliphatic heterocycles. The van der Waals surface area contributed by atoms with E-state index in [1.165, 1.54) is 24.3 Å². The quantitative estimate of drug-likeness (QED) is 0.699. The molecule has 2 amide bonds. The molecule has 2 saturated heterocycles. The van der Waals surface area contributed by atoms with Crippen LogP contribution >= 0.6 is 0 Å². The van der Waals surface area contributed by atoms with Gasteiger partial charge in [0.15, 0.2) is 0 Å². The molecule has 2 aromatic carbocycles. The molecule has 2 heterocycles. The first-order valence-corrected chi connectivity index (χ1v) is 11.0. The van der Waals surface area contributed by atoms with Gasteiger partial charge in [0.05, 0.1) is 6.61 Å². The summed E-state index contributed by atoms with van der Waals surface area (Å²) in [5, 5.41) is 0. The Morgan fingerprint density at radius 2 is 1.26 bits per heavy atom. The third kappa shape index (κ3) is 5.60. The van der Waals surface area contributed by atoms with Crippen molar-refractivity contribution in [3.63, 3.8) is 0 Å². The predicted octanol–water partition coefficient (Wildman–Crippen LogP) is 3.90. The highest BCUT2D eigenvalue weighted by molar-refractivity contribution is 5.74. The molecule has 0 spiro atoms. The summed E-state index contributed by atoms with van der Waals surface area (Å²) in [5.74, 6) is -0.606. The van der Waals surface area contributed by atoms with E-state index in [2.05, 4.69) is 4.90 Å². The second-order valence-corrected chi connectivity index (χ2v) is 8.16. The van der Waals surface area contributed by atoms with Crippen molar-refractivity contribution in [2.75, 3.05) is 52.4 Å². The van der Waals surface area contributed by atoms with Crippen molar-refractivity contribution in [1.82, 2.24) is 14.7 Å². The summed E-state index contributed by atoms with van der Waals surface area (Å²) in [6.07, 6.45) is 1.82. The van der Waals surface area contributed by atoms with Gasteiger partial charge in [0.2, 0.25) is 0 Å². The number of hydrogen-bond acceptors (Lipinski definition) is 3. The number of piperazine rings is 1. The van der Waals surface area contributed by atoms with Gasteiger partial charge in [-0.2, -0.15) is 0 Å². The number of rotatable bonds is 6. The molecule has 0 atom stereocenters. The number of ether oxygens (including phenoxy) is 1. The summed E-state index contributed by atoms with van der Waals surface area (Å²) in [5.41, 5.74) is 1.66. The molecule has 2 aliphatic rings. The lowest BCUT2D eigenvalue weighted by molar-refractivity contribution is 0.0472. The zero-order chi connectivity index (χ0) is 21.6. The average Bonchev–Trinajstić information content (AvgIpc) is 3.33. The fourth-order valence-electron chi connectivity index (χ4n) is 4.23. The first-order valence-electron chi connectivity index (χ1n) is 11.0. The molecule has 0 radical (unpaired) electrons. The lowest BCUT2D eigenvalue weighted by Crippen LogP contribution is -2.52. The van der Waals surface area contributed by atoms with Crippen LogP contribution in [0.25, 0.3) is 0 Å². The third-order valence-electron chi connectivity index (χ3n) is 6.06. The molecule has 166 valence electrons. The van der Waals surface area contributed by atoms with Crippen LogP contribution in [0.2, 0.25) is 0 Å². The maximum absolute atomic E-state index is 13.4. The second-order valence-electron chi connectivity index (χ2n) is 8.16. The van der Waals surface area contributed by atoms with Crippen molar-refractivity contribution in [2.24, 2.45) is 0 Å². The highest BCUT2D eigenvalue weighted by Gasteiger charge is 2.27. The Labute approximate surface area is 182 Å². The van der Waals surface area contributed by atoms with Crippen molar-refractivity contribution in [3.8, 4) is 0 Å². The van der Waals surface area contributed by atoms with E-state index in [0.29, 0.717) is 6.61 Å². The van der Waals surface area contributed by atoms with Gasteiger partial charge in [0.25, 0.3) is 0 Å². The Bertz CT molecular complexity index is 801. The van der Waals surface area contributed by atoms with Gasteiger partial charge in [-0.25, -0.2) is 13.6 Å². The monoisotopic (exact) mass is 429 g/mol. The van der Waals surface area contributed by atoms with Crippen LogP contribution < -0.4 is 0 Å². The van der Waals surface area contributed by atoms with Crippen molar-refractivity contribution in [3.05, 3.63) is 71.3 Å². The average molecular weight is 430 g/mol. The van der Waals surface area contributed by atoms with Gasteiger partial charge in [-0.15, -0.1) is 0 Å². The molecule has 2 fully saturated rings. The van der Waals surface area contributed by atoms with E-state index in [1.54, 1.807) is 24.3 Å². The number of urea groups is 1. The molecular formula is C24H29F2N3O2. The first-order chi connectivity index (χ1) is 15.1. The SMILES string of the molecule is O=C(N1CCCC1)N1CCN(CCOC(c2ccc(F)cc2)c2ccc(F)cc2)CC1. The van der Waals surface area contributed by atoms with Gasteiger partial charge in [-0.3, -0.25) is 4.90 Å². The van der Waals surface area contributed by atoms with Crippen LogP contribution in [0.4, 0.5) is 13.6 Å². The Morgan fingerprint density at radius 1 is 0.774 bits per heavy atom. The zero-order valence-corrected chi connectivity index (χ0v) is 17.7. The Morgan fingerprint density at radius 3 is 1.77 bits per heavy atom. The maximum atomic E-state index is 13.4. The van der Waals surface area contributed by atoms with Crippen molar-refractivity contribution in [2.45, 2.75) is 18.9 Å². The van der Waals surface area contributed by atoms with Crippen molar-refractivity contribution < 1.29 is 18.3 Å². The molecule has 0 aromatic heterocycles. The largest absolute Gasteiger partial charge is 0.367 e. The molecule has 0 aliphatic carbocycles. The predicted molar refractivity (Wildman–Crippen MR) is 115 cm³/mol. The van der Waals surface area contributed by atoms with E-state index < -0.39 is 0 Å². The van der Waals surface area contributed by atoms with Crippen LogP contribution in [-0.2, 0) is 4.74 Å². The molecule has 5 nitrogen and oxygen atoms in total. The van der Waals surface area contributed by atoms with E-state index in [-0.39, 0.29) is 23.8 Å². The first kappa shape index (κ1) is 21.7. The summed E-state index contributed by atoms with van der Waals surface area (Å²) >= 11 is 0. The Kier molecular flexibility index (Phi) is 7.14. The molecule has 0 saturated carbocycles. The van der Waals surface area contributed by atoms with Gasteiger partial charge in [-0.05, 0) is 48.2 Å². The smallest absolute Gasteiger partial charge is 0.320 e.